The van der Waals surface area contributed by atoms with E-state index in [0.717, 1.165) is 11.1 Å². The molecule has 28 heavy (non-hydrogen) atoms. The Labute approximate surface area is 168 Å². The average molecular weight is 394 g/mol. The van der Waals surface area contributed by atoms with Crippen LogP contribution < -0.4 is 0 Å². The van der Waals surface area contributed by atoms with Gasteiger partial charge in [-0.2, -0.15) is 0 Å². The number of cyclic esters (lactones) is 1. The van der Waals surface area contributed by atoms with E-state index >= 15 is 0 Å². The number of aliphatic hydroxyl groups is 1. The van der Waals surface area contributed by atoms with E-state index < -0.39 is 17.9 Å². The lowest BCUT2D eigenvalue weighted by Crippen LogP contribution is -2.46. The molecule has 142 valence electrons. The monoisotopic (exact) mass is 393 g/mol. The smallest absolute Gasteiger partial charge is 0.413 e. The van der Waals surface area contributed by atoms with E-state index in [4.69, 9.17) is 16.3 Å². The van der Waals surface area contributed by atoms with Crippen molar-refractivity contribution in [1.29, 1.82) is 0 Å². The fraction of sp³-hybridized carbons (Fsp3) is 0.174. The summed E-state index contributed by atoms with van der Waals surface area (Å²) in [5, 5.41) is 12.4. The molecule has 0 aliphatic carbocycles. The van der Waals surface area contributed by atoms with Crippen LogP contribution in [0.15, 0.2) is 84.9 Å². The van der Waals surface area contributed by atoms with E-state index in [9.17, 15) is 9.90 Å². The zero-order valence-electron chi connectivity index (χ0n) is 15.2. The number of carbonyl (C=O) groups excluding carboxylic acids is 1. The summed E-state index contributed by atoms with van der Waals surface area (Å²) in [6, 6.07) is 26.0. The fourth-order valence-corrected chi connectivity index (χ4v) is 3.73. The van der Waals surface area contributed by atoms with E-state index in [-0.39, 0.29) is 0 Å². The third-order valence-electron chi connectivity index (χ3n) is 5.05. The van der Waals surface area contributed by atoms with Crippen LogP contribution >= 0.6 is 11.6 Å². The van der Waals surface area contributed by atoms with Crippen LogP contribution in [0.5, 0.6) is 0 Å². The number of amides is 1. The van der Waals surface area contributed by atoms with E-state index in [2.05, 4.69) is 0 Å². The lowest BCUT2D eigenvalue weighted by Gasteiger charge is -2.34. The largest absolute Gasteiger partial charge is 0.436 e. The van der Waals surface area contributed by atoms with Gasteiger partial charge in [0, 0.05) is 17.1 Å². The van der Waals surface area contributed by atoms with Gasteiger partial charge in [0.2, 0.25) is 5.72 Å². The van der Waals surface area contributed by atoms with Crippen LogP contribution in [0.4, 0.5) is 4.79 Å². The molecule has 5 heteroatoms. The molecule has 1 heterocycles. The van der Waals surface area contributed by atoms with Gasteiger partial charge in [0.1, 0.15) is 0 Å². The Morgan fingerprint density at radius 1 is 0.929 bits per heavy atom. The number of rotatable bonds is 5. The van der Waals surface area contributed by atoms with Crippen LogP contribution in [0.3, 0.4) is 0 Å². The van der Waals surface area contributed by atoms with Crippen LogP contribution in [-0.2, 0) is 16.9 Å². The second-order valence-electron chi connectivity index (χ2n) is 6.79. The highest BCUT2D eigenvalue weighted by atomic mass is 35.5. The van der Waals surface area contributed by atoms with Gasteiger partial charge in [0.05, 0.1) is 0 Å². The van der Waals surface area contributed by atoms with Gasteiger partial charge in [-0.3, -0.25) is 4.90 Å². The van der Waals surface area contributed by atoms with Gasteiger partial charge in [-0.25, -0.2) is 4.79 Å². The molecule has 0 saturated carbocycles. The molecule has 3 aromatic rings. The van der Waals surface area contributed by atoms with Crippen molar-refractivity contribution in [2.24, 2.45) is 0 Å². The standard InChI is InChI=1S/C23H20ClNO3/c24-20-13-11-17(12-14-20)15-16-25-22(26)28-21(18-7-3-1-4-8-18)23(25,27)19-9-5-2-6-10-19/h1-14,21,27H,15-16H2. The summed E-state index contributed by atoms with van der Waals surface area (Å²) >= 11 is 5.95. The quantitative estimate of drug-likeness (QED) is 0.669. The fourth-order valence-electron chi connectivity index (χ4n) is 3.60. The highest BCUT2D eigenvalue weighted by molar-refractivity contribution is 6.30. The zero-order valence-corrected chi connectivity index (χ0v) is 15.9. The van der Waals surface area contributed by atoms with Crippen molar-refractivity contribution in [2.75, 3.05) is 6.54 Å². The maximum atomic E-state index is 12.7. The highest BCUT2D eigenvalue weighted by Crippen LogP contribution is 2.46. The minimum atomic E-state index is -1.59. The summed E-state index contributed by atoms with van der Waals surface area (Å²) in [6.45, 7) is 0.315. The Balaban J connectivity index is 1.69. The molecule has 3 aromatic carbocycles. The second kappa shape index (κ2) is 7.66. The van der Waals surface area contributed by atoms with Crippen molar-refractivity contribution >= 4 is 17.7 Å². The molecule has 1 aliphatic rings. The summed E-state index contributed by atoms with van der Waals surface area (Å²) < 4.78 is 5.65. The van der Waals surface area contributed by atoms with Crippen molar-refractivity contribution in [1.82, 2.24) is 4.90 Å². The number of halogens is 1. The van der Waals surface area contributed by atoms with Crippen LogP contribution in [0.2, 0.25) is 5.02 Å². The molecular formula is C23H20ClNO3. The molecule has 0 aromatic heterocycles. The third kappa shape index (κ3) is 3.37. The van der Waals surface area contributed by atoms with Crippen molar-refractivity contribution < 1.29 is 14.6 Å². The second-order valence-corrected chi connectivity index (χ2v) is 7.23. The van der Waals surface area contributed by atoms with E-state index in [0.29, 0.717) is 23.6 Å². The number of ether oxygens (including phenoxy) is 1. The van der Waals surface area contributed by atoms with Gasteiger partial charge < -0.3 is 9.84 Å². The Morgan fingerprint density at radius 2 is 1.54 bits per heavy atom. The van der Waals surface area contributed by atoms with Crippen LogP contribution in [-0.4, -0.2) is 22.6 Å². The molecule has 1 N–H and O–H groups in total. The minimum Gasteiger partial charge on any atom is -0.436 e. The molecule has 1 saturated heterocycles. The summed E-state index contributed by atoms with van der Waals surface area (Å²) in [6.07, 6.45) is -0.772. The molecule has 1 aliphatic heterocycles. The number of hydrogen-bond donors (Lipinski definition) is 1. The maximum Gasteiger partial charge on any atom is 0.413 e. The highest BCUT2D eigenvalue weighted by Gasteiger charge is 2.55. The number of benzene rings is 3. The first-order chi connectivity index (χ1) is 13.6. The minimum absolute atomic E-state index is 0.315. The predicted molar refractivity (Wildman–Crippen MR) is 108 cm³/mol. The summed E-state index contributed by atoms with van der Waals surface area (Å²) in [5.74, 6) is 0. The Morgan fingerprint density at radius 3 is 2.18 bits per heavy atom. The van der Waals surface area contributed by atoms with Crippen molar-refractivity contribution in [3.05, 3.63) is 107 Å². The summed E-state index contributed by atoms with van der Waals surface area (Å²) in [5.41, 5.74) is 0.796. The van der Waals surface area contributed by atoms with E-state index in [1.807, 2.05) is 84.9 Å². The molecule has 4 nitrogen and oxygen atoms in total. The third-order valence-corrected chi connectivity index (χ3v) is 5.31. The van der Waals surface area contributed by atoms with Gasteiger partial charge >= 0.3 is 6.09 Å². The molecule has 2 atom stereocenters. The number of hydrogen-bond acceptors (Lipinski definition) is 3. The Hall–Kier alpha value is -2.82. The zero-order chi connectivity index (χ0) is 19.6. The van der Waals surface area contributed by atoms with Gasteiger partial charge in [-0.05, 0) is 29.7 Å². The van der Waals surface area contributed by atoms with Crippen molar-refractivity contribution in [3.8, 4) is 0 Å². The Bertz CT molecular complexity index is 947. The van der Waals surface area contributed by atoms with E-state index in [1.165, 1.54) is 4.90 Å². The molecule has 1 amide bonds. The maximum absolute atomic E-state index is 12.7. The number of nitrogens with zero attached hydrogens (tertiary/aromatic N) is 1. The van der Waals surface area contributed by atoms with Gasteiger partial charge in [0.25, 0.3) is 0 Å². The van der Waals surface area contributed by atoms with Crippen molar-refractivity contribution in [2.45, 2.75) is 18.2 Å². The first kappa shape index (κ1) is 18.5. The number of carbonyl (C=O) groups is 1. The van der Waals surface area contributed by atoms with Crippen LogP contribution in [0.1, 0.15) is 22.8 Å². The normalized spacial score (nSPS) is 21.6. The van der Waals surface area contributed by atoms with Crippen LogP contribution in [0.25, 0.3) is 0 Å². The van der Waals surface area contributed by atoms with Gasteiger partial charge in [-0.1, -0.05) is 84.4 Å². The lowest BCUT2D eigenvalue weighted by molar-refractivity contribution is -0.109. The van der Waals surface area contributed by atoms with Crippen LogP contribution in [0, 0.1) is 0 Å². The summed E-state index contributed by atoms with van der Waals surface area (Å²) in [7, 11) is 0. The first-order valence-electron chi connectivity index (χ1n) is 9.14. The topological polar surface area (TPSA) is 49.8 Å². The molecule has 0 bridgehead atoms. The van der Waals surface area contributed by atoms with Crippen molar-refractivity contribution in [3.63, 3.8) is 0 Å². The predicted octanol–water partition coefficient (Wildman–Crippen LogP) is 4.92. The SMILES string of the molecule is O=C1OC(c2ccccc2)C(O)(c2ccccc2)N1CCc1ccc(Cl)cc1. The first-order valence-corrected chi connectivity index (χ1v) is 9.52. The molecule has 0 spiro atoms. The van der Waals surface area contributed by atoms with E-state index in [1.54, 1.807) is 0 Å². The molecule has 2 unspecified atom stereocenters. The van der Waals surface area contributed by atoms with Gasteiger partial charge in [0.15, 0.2) is 6.10 Å². The Kier molecular flexibility index (Phi) is 5.07. The summed E-state index contributed by atoms with van der Waals surface area (Å²) in [4.78, 5) is 14.2. The van der Waals surface area contributed by atoms with Gasteiger partial charge in [-0.15, -0.1) is 0 Å². The lowest BCUT2D eigenvalue weighted by atomic mass is 9.91. The molecule has 4 rings (SSSR count). The molecule has 1 fully saturated rings. The molecule has 0 radical (unpaired) electrons. The average Bonchev–Trinajstić information content (AvgIpc) is 3.00. The molecular weight excluding hydrogens is 374 g/mol.